The van der Waals surface area contributed by atoms with Gasteiger partial charge in [0.1, 0.15) is 0 Å². The van der Waals surface area contributed by atoms with Gasteiger partial charge in [-0.3, -0.25) is 9.05 Å². The molecule has 0 radical (unpaired) electrons. The highest BCUT2D eigenvalue weighted by atomic mass is 31.2. The number of phosphoric ester groups is 1. The van der Waals surface area contributed by atoms with Gasteiger partial charge in [0.2, 0.25) is 0 Å². The summed E-state index contributed by atoms with van der Waals surface area (Å²) in [6, 6.07) is 0. The number of phosphoric acid groups is 1. The molecular weight excluding hydrogens is 669 g/mol. The highest BCUT2D eigenvalue weighted by Gasteiger charge is 2.40. The maximum Gasteiger partial charge on any atom is 0.471 e. The van der Waals surface area contributed by atoms with Gasteiger partial charge in [-0.15, -0.1) is 0 Å². The Labute approximate surface area is 321 Å². The van der Waals surface area contributed by atoms with E-state index in [0.717, 1.165) is 38.5 Å². The van der Waals surface area contributed by atoms with Gasteiger partial charge in [0.25, 0.3) is 0 Å². The summed E-state index contributed by atoms with van der Waals surface area (Å²) in [5.41, 5.74) is 0. The van der Waals surface area contributed by atoms with E-state index in [4.69, 9.17) is 14.0 Å². The lowest BCUT2D eigenvalue weighted by Gasteiger charge is -2.29. The van der Waals surface area contributed by atoms with Crippen molar-refractivity contribution in [2.75, 3.05) is 40.5 Å². The van der Waals surface area contributed by atoms with Crippen LogP contribution >= 0.6 is 7.82 Å². The molecule has 2 atom stereocenters. The van der Waals surface area contributed by atoms with Gasteiger partial charge in [-0.2, -0.15) is 0 Å². The van der Waals surface area contributed by atoms with Gasteiger partial charge in [-0.1, -0.05) is 140 Å². The highest BCUT2D eigenvalue weighted by Crippen LogP contribution is 2.41. The van der Waals surface area contributed by atoms with Crippen molar-refractivity contribution >= 4 is 7.82 Å². The minimum Gasteiger partial charge on any atom is -0.347 e. The van der Waals surface area contributed by atoms with Gasteiger partial charge in [0.05, 0.1) is 19.3 Å². The Hall–Kier alpha value is -1.05. The molecule has 1 unspecified atom stereocenters. The molecule has 0 amide bonds. The quantitative estimate of drug-likeness (QED) is 0.0385. The number of ether oxygens (including phenoxy) is 2. The predicted octanol–water partition coefficient (Wildman–Crippen LogP) is 13.2. The van der Waals surface area contributed by atoms with E-state index in [0.29, 0.717) is 19.7 Å². The Bertz CT molecular complexity index is 918. The third kappa shape index (κ3) is 29.3. The highest BCUT2D eigenvalue weighted by molar-refractivity contribution is 7.47. The van der Waals surface area contributed by atoms with Crippen LogP contribution in [-0.2, 0) is 23.1 Å². The number of hydrogen-bond donors (Lipinski definition) is 1. The summed E-state index contributed by atoms with van der Waals surface area (Å²) in [6.45, 7) is 6.43. The molecule has 0 aliphatic carbocycles. The summed E-state index contributed by atoms with van der Waals surface area (Å²) in [7, 11) is -0.795. The second-order valence-electron chi connectivity index (χ2n) is 14.9. The molecule has 1 aliphatic heterocycles. The number of rotatable bonds is 37. The molecule has 304 valence electrons. The molecule has 0 spiro atoms. The van der Waals surface area contributed by atoms with Crippen LogP contribution in [0.1, 0.15) is 181 Å². The molecule has 1 fully saturated rings. The molecule has 0 aromatic carbocycles. The topological polar surface area (TPSA) is 77.5 Å². The Kier molecular flexibility index (Phi) is 32.4. The lowest BCUT2D eigenvalue weighted by Crippen LogP contribution is -2.36. The van der Waals surface area contributed by atoms with Gasteiger partial charge in [0.15, 0.2) is 5.79 Å². The summed E-state index contributed by atoms with van der Waals surface area (Å²) in [4.78, 5) is 11.6. The van der Waals surface area contributed by atoms with Crippen molar-refractivity contribution in [3.8, 4) is 0 Å². The van der Waals surface area contributed by atoms with E-state index in [9.17, 15) is 9.46 Å². The summed E-state index contributed by atoms with van der Waals surface area (Å²) in [6.07, 6.45) is 50.4. The fourth-order valence-corrected chi connectivity index (χ4v) is 7.08. The fraction of sp³-hybridized carbons (Fsp3) is 0.818. The first-order chi connectivity index (χ1) is 25.4. The fourth-order valence-electron chi connectivity index (χ4n) is 6.66. The van der Waals surface area contributed by atoms with Crippen LogP contribution in [0.5, 0.6) is 0 Å². The van der Waals surface area contributed by atoms with E-state index < -0.39 is 13.6 Å². The smallest absolute Gasteiger partial charge is 0.347 e. The first-order valence-electron chi connectivity index (χ1n) is 21.5. The minimum absolute atomic E-state index is 0.0115. The Morgan fingerprint density at radius 3 is 1.54 bits per heavy atom. The zero-order valence-corrected chi connectivity index (χ0v) is 35.2. The van der Waals surface area contributed by atoms with Crippen molar-refractivity contribution in [1.29, 1.82) is 0 Å². The first-order valence-corrected chi connectivity index (χ1v) is 23.0. The second kappa shape index (κ2) is 34.4. The Morgan fingerprint density at radius 2 is 1.10 bits per heavy atom. The van der Waals surface area contributed by atoms with Crippen molar-refractivity contribution in [3.63, 3.8) is 0 Å². The molecule has 1 saturated heterocycles. The van der Waals surface area contributed by atoms with Crippen LogP contribution in [0.25, 0.3) is 0 Å². The van der Waals surface area contributed by atoms with Crippen molar-refractivity contribution in [2.45, 2.75) is 193 Å². The largest absolute Gasteiger partial charge is 0.471 e. The molecule has 0 saturated carbocycles. The molecule has 7 nitrogen and oxygen atoms in total. The maximum atomic E-state index is 11.6. The number of hydrogen-bond acceptors (Lipinski definition) is 6. The molecule has 1 aliphatic rings. The van der Waals surface area contributed by atoms with E-state index in [1.807, 2.05) is 7.05 Å². The molecule has 1 heterocycles. The van der Waals surface area contributed by atoms with Crippen LogP contribution in [0.15, 0.2) is 48.6 Å². The predicted molar refractivity (Wildman–Crippen MR) is 222 cm³/mol. The molecule has 0 aromatic heterocycles. The van der Waals surface area contributed by atoms with Crippen molar-refractivity contribution in [1.82, 2.24) is 4.90 Å². The van der Waals surface area contributed by atoms with Gasteiger partial charge in [-0.25, -0.2) is 4.57 Å². The summed E-state index contributed by atoms with van der Waals surface area (Å²) >= 11 is 0. The van der Waals surface area contributed by atoms with Crippen LogP contribution < -0.4 is 0 Å². The normalized spacial score (nSPS) is 19.5. The number of unbranched alkanes of at least 4 members (excludes halogenated alkanes) is 18. The SMILES string of the molecule is CCCCCC=CCC=CCCCCCCCCC1(CCCCCCCCC=CCC=CCCCCC)OC[C@H](CN(C)CCOP(=O)(O)OC)O1. The number of allylic oxidation sites excluding steroid dienone is 8. The summed E-state index contributed by atoms with van der Waals surface area (Å²) < 4.78 is 34.3. The molecule has 0 bridgehead atoms. The molecule has 1 N–H and O–H groups in total. The second-order valence-corrected chi connectivity index (χ2v) is 16.4. The third-order valence-corrected chi connectivity index (χ3v) is 10.9. The zero-order chi connectivity index (χ0) is 37.9. The van der Waals surface area contributed by atoms with Gasteiger partial charge < -0.3 is 19.3 Å². The number of likely N-dealkylation sites (N-methyl/N-ethyl adjacent to an activating group) is 1. The van der Waals surface area contributed by atoms with Gasteiger partial charge >= 0.3 is 7.82 Å². The van der Waals surface area contributed by atoms with Crippen LogP contribution in [-0.4, -0.2) is 62.1 Å². The number of nitrogens with zero attached hydrogens (tertiary/aromatic N) is 1. The van der Waals surface area contributed by atoms with E-state index >= 15 is 0 Å². The standard InChI is InChI=1S/C44H82NO6P/c1-5-7-9-11-13-15-17-19-21-23-25-27-29-31-33-35-37-44(49-42-43(51-44)41-45(3)39-40-50-52(46,47)48-4)38-36-34-32-30-28-26-24-22-20-18-16-14-12-10-8-6-2/h13-16,19-22,43H,5-12,17-18,23-42H2,1-4H3,(H,46,47)/t43-,44?/m0/s1. The lowest BCUT2D eigenvalue weighted by atomic mass is 9.98. The van der Waals surface area contributed by atoms with E-state index in [1.54, 1.807) is 0 Å². The first kappa shape index (κ1) is 49.0. The van der Waals surface area contributed by atoms with Crippen LogP contribution in [0, 0.1) is 0 Å². The van der Waals surface area contributed by atoms with E-state index in [2.05, 4.69) is 71.9 Å². The Balaban J connectivity index is 2.34. The summed E-state index contributed by atoms with van der Waals surface area (Å²) in [5, 5.41) is 0. The van der Waals surface area contributed by atoms with Crippen LogP contribution in [0.3, 0.4) is 0 Å². The molecular formula is C44H82NO6P. The average Bonchev–Trinajstić information content (AvgIpc) is 3.53. The monoisotopic (exact) mass is 752 g/mol. The molecule has 8 heteroatoms. The van der Waals surface area contributed by atoms with Crippen molar-refractivity contribution < 1.29 is 28.0 Å². The minimum atomic E-state index is -3.95. The molecule has 52 heavy (non-hydrogen) atoms. The lowest BCUT2D eigenvalue weighted by molar-refractivity contribution is -0.180. The maximum absolute atomic E-state index is 11.6. The Morgan fingerprint density at radius 1 is 0.673 bits per heavy atom. The third-order valence-electron chi connectivity index (χ3n) is 9.90. The molecule has 1 rings (SSSR count). The van der Waals surface area contributed by atoms with E-state index in [1.165, 1.54) is 136 Å². The van der Waals surface area contributed by atoms with Gasteiger partial charge in [0, 0.05) is 33.0 Å². The average molecular weight is 752 g/mol. The van der Waals surface area contributed by atoms with Gasteiger partial charge in [-0.05, 0) is 84.1 Å². The molecule has 0 aromatic rings. The summed E-state index contributed by atoms with van der Waals surface area (Å²) in [5.74, 6) is -0.483. The van der Waals surface area contributed by atoms with Crippen molar-refractivity contribution in [2.24, 2.45) is 0 Å². The van der Waals surface area contributed by atoms with Crippen molar-refractivity contribution in [3.05, 3.63) is 48.6 Å². The van der Waals surface area contributed by atoms with E-state index in [-0.39, 0.29) is 12.7 Å². The zero-order valence-electron chi connectivity index (χ0n) is 34.3. The van der Waals surface area contributed by atoms with Crippen LogP contribution in [0.2, 0.25) is 0 Å². The van der Waals surface area contributed by atoms with Crippen LogP contribution in [0.4, 0.5) is 0 Å².